The Balaban J connectivity index is 1.76. The number of non-ortho nitro benzene ring substituents is 1. The Morgan fingerprint density at radius 1 is 1.17 bits per heavy atom. The molecule has 4 rings (SSSR count). The van der Waals surface area contributed by atoms with Crippen molar-refractivity contribution in [1.29, 1.82) is 0 Å². The van der Waals surface area contributed by atoms with E-state index in [9.17, 15) is 10.1 Å². The number of tetrazole rings is 1. The summed E-state index contributed by atoms with van der Waals surface area (Å²) in [6.07, 6.45) is -0.332. The molecule has 0 spiro atoms. The fourth-order valence-electron chi connectivity index (χ4n) is 2.61. The summed E-state index contributed by atoms with van der Waals surface area (Å²) in [7, 11) is 0. The van der Waals surface area contributed by atoms with Crippen molar-refractivity contribution in [3.63, 3.8) is 0 Å². The van der Waals surface area contributed by atoms with Crippen molar-refractivity contribution in [3.05, 3.63) is 64.2 Å². The lowest BCUT2D eigenvalue weighted by molar-refractivity contribution is -0.384. The van der Waals surface area contributed by atoms with Crippen molar-refractivity contribution in [1.82, 2.24) is 20.2 Å². The highest BCUT2D eigenvalue weighted by Gasteiger charge is 2.25. The van der Waals surface area contributed by atoms with E-state index in [1.165, 1.54) is 12.1 Å². The first kappa shape index (κ1) is 13.4. The molecule has 0 radical (unpaired) electrons. The van der Waals surface area contributed by atoms with E-state index in [0.29, 0.717) is 18.1 Å². The number of nitro benzene ring substituents is 1. The van der Waals surface area contributed by atoms with Gasteiger partial charge in [-0.3, -0.25) is 10.1 Å². The molecule has 0 amide bonds. The van der Waals surface area contributed by atoms with Crippen LogP contribution in [-0.2, 0) is 6.54 Å². The summed E-state index contributed by atoms with van der Waals surface area (Å²) in [6.45, 7) is 0.425. The number of benzene rings is 2. The third-order valence-electron chi connectivity index (χ3n) is 3.74. The van der Waals surface area contributed by atoms with Gasteiger partial charge in [-0.2, -0.15) is 0 Å². The SMILES string of the molecule is O=[N+]([O-])c1ccc(C2Cn3nnnc3-c3ccccc3O2)cc1. The number of para-hydroxylation sites is 1. The maximum absolute atomic E-state index is 10.8. The Morgan fingerprint density at radius 3 is 2.74 bits per heavy atom. The number of aromatic nitrogens is 4. The Labute approximate surface area is 130 Å². The first-order valence-electron chi connectivity index (χ1n) is 6.99. The second-order valence-corrected chi connectivity index (χ2v) is 5.14. The summed E-state index contributed by atoms with van der Waals surface area (Å²) >= 11 is 0. The third kappa shape index (κ3) is 2.30. The molecule has 3 aromatic rings. The molecule has 8 heteroatoms. The number of nitrogens with zero attached hydrogens (tertiary/aromatic N) is 5. The van der Waals surface area contributed by atoms with Crippen molar-refractivity contribution in [2.75, 3.05) is 0 Å². The Bertz CT molecular complexity index is 875. The summed E-state index contributed by atoms with van der Waals surface area (Å²) in [6, 6.07) is 13.9. The minimum Gasteiger partial charge on any atom is -0.483 e. The summed E-state index contributed by atoms with van der Waals surface area (Å²) < 4.78 is 7.76. The number of fused-ring (bicyclic) bond motifs is 3. The van der Waals surface area contributed by atoms with Crippen LogP contribution in [0, 0.1) is 10.1 Å². The fourth-order valence-corrected chi connectivity index (χ4v) is 2.61. The number of rotatable bonds is 2. The monoisotopic (exact) mass is 309 g/mol. The van der Waals surface area contributed by atoms with Gasteiger partial charge in [0.25, 0.3) is 5.69 Å². The molecule has 0 bridgehead atoms. The van der Waals surface area contributed by atoms with Gasteiger partial charge in [0, 0.05) is 12.1 Å². The molecule has 0 saturated heterocycles. The van der Waals surface area contributed by atoms with E-state index in [4.69, 9.17) is 4.74 Å². The molecule has 1 unspecified atom stereocenters. The molecule has 0 saturated carbocycles. The molecule has 0 fully saturated rings. The molecule has 2 heterocycles. The molecule has 23 heavy (non-hydrogen) atoms. The number of nitro groups is 1. The second kappa shape index (κ2) is 5.16. The van der Waals surface area contributed by atoms with Gasteiger partial charge in [-0.25, -0.2) is 4.68 Å². The number of hydrogen-bond donors (Lipinski definition) is 0. The van der Waals surface area contributed by atoms with Crippen molar-refractivity contribution >= 4 is 5.69 Å². The van der Waals surface area contributed by atoms with Crippen LogP contribution >= 0.6 is 0 Å². The van der Waals surface area contributed by atoms with Crippen LogP contribution in [-0.4, -0.2) is 25.1 Å². The van der Waals surface area contributed by atoms with E-state index in [-0.39, 0.29) is 11.8 Å². The molecule has 1 aromatic heterocycles. The van der Waals surface area contributed by atoms with Crippen LogP contribution in [0.15, 0.2) is 48.5 Å². The molecule has 0 aliphatic carbocycles. The van der Waals surface area contributed by atoms with Crippen LogP contribution in [0.5, 0.6) is 5.75 Å². The predicted molar refractivity (Wildman–Crippen MR) is 79.7 cm³/mol. The van der Waals surface area contributed by atoms with Gasteiger partial charge in [0.2, 0.25) is 0 Å². The highest BCUT2D eigenvalue weighted by Crippen LogP contribution is 2.36. The van der Waals surface area contributed by atoms with Crippen LogP contribution in [0.25, 0.3) is 11.4 Å². The first-order chi connectivity index (χ1) is 11.2. The van der Waals surface area contributed by atoms with Crippen LogP contribution < -0.4 is 4.74 Å². The number of ether oxygens (including phenoxy) is 1. The predicted octanol–water partition coefficient (Wildman–Crippen LogP) is 2.38. The molecule has 1 atom stereocenters. The summed E-state index contributed by atoms with van der Waals surface area (Å²) in [5, 5.41) is 22.6. The Morgan fingerprint density at radius 2 is 1.96 bits per heavy atom. The van der Waals surface area contributed by atoms with Crippen LogP contribution in [0.1, 0.15) is 11.7 Å². The van der Waals surface area contributed by atoms with Gasteiger partial charge in [-0.05, 0) is 40.3 Å². The zero-order valence-corrected chi connectivity index (χ0v) is 11.9. The van der Waals surface area contributed by atoms with E-state index in [0.717, 1.165) is 11.1 Å². The van der Waals surface area contributed by atoms with Gasteiger partial charge in [0.05, 0.1) is 17.0 Å². The van der Waals surface area contributed by atoms with Crippen molar-refractivity contribution in [2.45, 2.75) is 12.6 Å². The van der Waals surface area contributed by atoms with Gasteiger partial charge >= 0.3 is 0 Å². The normalized spacial score (nSPS) is 15.9. The molecular weight excluding hydrogens is 298 g/mol. The maximum Gasteiger partial charge on any atom is 0.269 e. The Kier molecular flexibility index (Phi) is 3.00. The standard InChI is InChI=1S/C15H11N5O3/c21-20(22)11-7-5-10(6-8-11)14-9-19-15(16-17-18-19)12-3-1-2-4-13(12)23-14/h1-8,14H,9H2. The van der Waals surface area contributed by atoms with Crippen molar-refractivity contribution in [3.8, 4) is 17.1 Å². The average molecular weight is 309 g/mol. The topological polar surface area (TPSA) is 96.0 Å². The molecule has 114 valence electrons. The third-order valence-corrected chi connectivity index (χ3v) is 3.74. The molecular formula is C15H11N5O3. The van der Waals surface area contributed by atoms with Gasteiger partial charge in [-0.1, -0.05) is 12.1 Å². The molecule has 2 aromatic carbocycles. The van der Waals surface area contributed by atoms with Crippen LogP contribution in [0.2, 0.25) is 0 Å². The van der Waals surface area contributed by atoms with Crippen LogP contribution in [0.3, 0.4) is 0 Å². The minimum atomic E-state index is -0.424. The fraction of sp³-hybridized carbons (Fsp3) is 0.133. The molecule has 0 N–H and O–H groups in total. The van der Waals surface area contributed by atoms with Gasteiger partial charge in [0.15, 0.2) is 5.82 Å². The average Bonchev–Trinajstić information content (AvgIpc) is 2.97. The largest absolute Gasteiger partial charge is 0.483 e. The van der Waals surface area contributed by atoms with E-state index < -0.39 is 4.92 Å². The van der Waals surface area contributed by atoms with Gasteiger partial charge < -0.3 is 4.74 Å². The quantitative estimate of drug-likeness (QED) is 0.532. The minimum absolute atomic E-state index is 0.0471. The summed E-state index contributed by atoms with van der Waals surface area (Å²) in [5.74, 6) is 1.33. The maximum atomic E-state index is 10.8. The highest BCUT2D eigenvalue weighted by molar-refractivity contribution is 5.64. The van der Waals surface area contributed by atoms with E-state index in [2.05, 4.69) is 15.5 Å². The second-order valence-electron chi connectivity index (χ2n) is 5.14. The van der Waals surface area contributed by atoms with Gasteiger partial charge in [0.1, 0.15) is 11.9 Å². The van der Waals surface area contributed by atoms with E-state index in [1.54, 1.807) is 16.8 Å². The molecule has 8 nitrogen and oxygen atoms in total. The molecule has 1 aliphatic rings. The molecule has 1 aliphatic heterocycles. The Hall–Kier alpha value is -3.29. The highest BCUT2D eigenvalue weighted by atomic mass is 16.6. The number of hydrogen-bond acceptors (Lipinski definition) is 6. The summed E-state index contributed by atoms with van der Waals surface area (Å²) in [5.41, 5.74) is 1.70. The summed E-state index contributed by atoms with van der Waals surface area (Å²) in [4.78, 5) is 10.4. The lowest BCUT2D eigenvalue weighted by atomic mass is 10.1. The van der Waals surface area contributed by atoms with E-state index in [1.807, 2.05) is 24.3 Å². The smallest absolute Gasteiger partial charge is 0.269 e. The van der Waals surface area contributed by atoms with Crippen molar-refractivity contribution in [2.24, 2.45) is 0 Å². The van der Waals surface area contributed by atoms with Crippen LogP contribution in [0.4, 0.5) is 5.69 Å². The zero-order chi connectivity index (χ0) is 15.8. The van der Waals surface area contributed by atoms with Gasteiger partial charge in [-0.15, -0.1) is 5.10 Å². The van der Waals surface area contributed by atoms with E-state index >= 15 is 0 Å². The first-order valence-corrected chi connectivity index (χ1v) is 6.99. The lowest BCUT2D eigenvalue weighted by Crippen LogP contribution is -2.14. The van der Waals surface area contributed by atoms with Crippen molar-refractivity contribution < 1.29 is 9.66 Å². The zero-order valence-electron chi connectivity index (χ0n) is 11.9. The lowest BCUT2D eigenvalue weighted by Gasteiger charge is -2.17.